The second kappa shape index (κ2) is 7.82. The number of nitrogens with one attached hydrogen (secondary N) is 2. The zero-order chi connectivity index (χ0) is 23.7. The van der Waals surface area contributed by atoms with Crippen molar-refractivity contribution < 1.29 is 18.3 Å². The van der Waals surface area contributed by atoms with Gasteiger partial charge in [0.05, 0.1) is 10.5 Å². The minimum Gasteiger partial charge on any atom is -0.385 e. The smallest absolute Gasteiger partial charge is 0.333 e. The van der Waals surface area contributed by atoms with Crippen molar-refractivity contribution in [3.05, 3.63) is 57.6 Å². The van der Waals surface area contributed by atoms with E-state index in [9.17, 15) is 18.3 Å². The molecule has 7 rings (SSSR count). The maximum atomic E-state index is 13.2. The first-order valence-corrected chi connectivity index (χ1v) is 14.1. The number of urea groups is 1. The summed E-state index contributed by atoms with van der Waals surface area (Å²) in [5, 5.41) is 14.2. The molecule has 2 aromatic rings. The van der Waals surface area contributed by atoms with Crippen LogP contribution in [0.15, 0.2) is 29.2 Å². The number of rotatable bonds is 3. The molecular weight excluding hydrogens is 448 g/mol. The topological polar surface area (TPSA) is 95.5 Å². The lowest BCUT2D eigenvalue weighted by Gasteiger charge is -2.33. The number of hydrogen-bond donors (Lipinski definition) is 3. The van der Waals surface area contributed by atoms with Gasteiger partial charge >= 0.3 is 6.03 Å². The van der Waals surface area contributed by atoms with Crippen LogP contribution in [0.1, 0.15) is 84.7 Å². The normalized spacial score (nSPS) is 27.0. The molecule has 0 spiro atoms. The molecule has 2 amide bonds. The van der Waals surface area contributed by atoms with Gasteiger partial charge in [-0.1, -0.05) is 12.1 Å². The van der Waals surface area contributed by atoms with Gasteiger partial charge in [0.25, 0.3) is 10.0 Å². The van der Waals surface area contributed by atoms with Gasteiger partial charge in [0, 0.05) is 5.69 Å². The van der Waals surface area contributed by atoms with Gasteiger partial charge in [-0.15, -0.1) is 0 Å². The maximum Gasteiger partial charge on any atom is 0.333 e. The van der Waals surface area contributed by atoms with E-state index in [0.29, 0.717) is 11.5 Å². The fraction of sp³-hybridized carbons (Fsp3) is 0.519. The van der Waals surface area contributed by atoms with Crippen molar-refractivity contribution in [1.29, 1.82) is 0 Å². The van der Waals surface area contributed by atoms with Crippen LogP contribution in [0.25, 0.3) is 0 Å². The Bertz CT molecular complexity index is 1260. The summed E-state index contributed by atoms with van der Waals surface area (Å²) >= 11 is 0. The number of fused-ring (bicyclic) bond motifs is 4. The average molecular weight is 481 g/mol. The van der Waals surface area contributed by atoms with Gasteiger partial charge in [0.1, 0.15) is 0 Å². The largest absolute Gasteiger partial charge is 0.385 e. The van der Waals surface area contributed by atoms with Gasteiger partial charge in [0.15, 0.2) is 0 Å². The van der Waals surface area contributed by atoms with Gasteiger partial charge in [-0.05, 0) is 128 Å². The van der Waals surface area contributed by atoms with Crippen molar-refractivity contribution >= 4 is 21.7 Å². The van der Waals surface area contributed by atoms with Gasteiger partial charge in [-0.25, -0.2) is 17.9 Å². The number of carbonyl (C=O) groups is 1. The van der Waals surface area contributed by atoms with Crippen LogP contribution in [0.4, 0.5) is 10.5 Å². The summed E-state index contributed by atoms with van der Waals surface area (Å²) < 4.78 is 28.6. The van der Waals surface area contributed by atoms with Gasteiger partial charge in [-0.2, -0.15) is 0 Å². The summed E-state index contributed by atoms with van der Waals surface area (Å²) in [6, 6.07) is 6.54. The van der Waals surface area contributed by atoms with Crippen molar-refractivity contribution in [3.8, 4) is 0 Å². The van der Waals surface area contributed by atoms with Crippen LogP contribution in [0.5, 0.6) is 0 Å². The number of sulfonamides is 1. The SMILES string of the molecule is CC1(O)c2cc(S(=O)(=O)NC(=O)Nc3c4c(cc5c3CCC5)CCC4)ccc2C2CCC1CC2. The summed E-state index contributed by atoms with van der Waals surface area (Å²) in [4.78, 5) is 13.0. The van der Waals surface area contributed by atoms with Crippen LogP contribution in [0.2, 0.25) is 0 Å². The van der Waals surface area contributed by atoms with Crippen LogP contribution in [-0.2, 0) is 41.3 Å². The maximum absolute atomic E-state index is 13.2. The molecule has 7 heteroatoms. The van der Waals surface area contributed by atoms with Crippen molar-refractivity contribution in [3.63, 3.8) is 0 Å². The van der Waals surface area contributed by atoms with Gasteiger partial charge in [-0.3, -0.25) is 0 Å². The first kappa shape index (κ1) is 22.1. The molecule has 3 N–H and O–H groups in total. The molecule has 1 fully saturated rings. The second-order valence-corrected chi connectivity index (χ2v) is 12.4. The molecule has 2 bridgehead atoms. The zero-order valence-corrected chi connectivity index (χ0v) is 20.4. The van der Waals surface area contributed by atoms with Gasteiger partial charge < -0.3 is 10.4 Å². The van der Waals surface area contributed by atoms with E-state index in [1.807, 2.05) is 6.07 Å². The lowest BCUT2D eigenvalue weighted by Crippen LogP contribution is -2.35. The predicted octanol–water partition coefficient (Wildman–Crippen LogP) is 4.67. The zero-order valence-electron chi connectivity index (χ0n) is 19.6. The number of anilines is 1. The highest BCUT2D eigenvalue weighted by atomic mass is 32.2. The van der Waals surface area contributed by atoms with E-state index in [0.717, 1.165) is 86.6 Å². The van der Waals surface area contributed by atoms with Crippen LogP contribution in [0, 0.1) is 5.92 Å². The average Bonchev–Trinajstić information content (AvgIpc) is 3.44. The van der Waals surface area contributed by atoms with E-state index >= 15 is 0 Å². The van der Waals surface area contributed by atoms with E-state index in [2.05, 4.69) is 16.1 Å². The van der Waals surface area contributed by atoms with Crippen LogP contribution < -0.4 is 10.0 Å². The number of carbonyl (C=O) groups excluding carboxylic acids is 1. The Morgan fingerprint density at radius 1 is 0.971 bits per heavy atom. The molecule has 0 aliphatic heterocycles. The summed E-state index contributed by atoms with van der Waals surface area (Å²) in [7, 11) is -4.09. The molecule has 180 valence electrons. The highest BCUT2D eigenvalue weighted by Gasteiger charge is 2.43. The summed E-state index contributed by atoms with van der Waals surface area (Å²) in [5.41, 5.74) is 6.36. The highest BCUT2D eigenvalue weighted by Crippen LogP contribution is 2.51. The Morgan fingerprint density at radius 2 is 1.62 bits per heavy atom. The first-order chi connectivity index (χ1) is 16.2. The number of aliphatic hydroxyl groups is 1. The highest BCUT2D eigenvalue weighted by molar-refractivity contribution is 7.90. The fourth-order valence-corrected chi connectivity index (χ4v) is 7.90. The molecular formula is C27H32N2O4S. The molecule has 2 aromatic carbocycles. The number of benzene rings is 2. The Labute approximate surface area is 201 Å². The van der Waals surface area contributed by atoms with E-state index in [1.54, 1.807) is 19.1 Å². The van der Waals surface area contributed by atoms with E-state index in [4.69, 9.17) is 0 Å². The van der Waals surface area contributed by atoms with Crippen molar-refractivity contribution in [2.45, 2.75) is 87.5 Å². The quantitative estimate of drug-likeness (QED) is 0.595. The van der Waals surface area contributed by atoms with Crippen molar-refractivity contribution in [1.82, 2.24) is 4.72 Å². The van der Waals surface area contributed by atoms with Crippen LogP contribution in [-0.4, -0.2) is 19.6 Å². The molecule has 5 aliphatic carbocycles. The Kier molecular flexibility index (Phi) is 5.08. The van der Waals surface area contributed by atoms with E-state index in [-0.39, 0.29) is 10.8 Å². The summed E-state index contributed by atoms with van der Waals surface area (Å²) in [6.07, 6.45) is 9.89. The summed E-state index contributed by atoms with van der Waals surface area (Å²) in [5.74, 6) is 0.483. The monoisotopic (exact) mass is 480 g/mol. The standard InChI is InChI=1S/C27H32N2O4S/c1-27(31)19-10-8-16(9-11-19)21-13-12-20(15-24(21)27)34(32,33)29-26(30)28-25-22-6-2-4-17(22)14-18-5-3-7-23(18)25/h12-16,19,31H,2-11H2,1H3,(H2,28,29,30). The van der Waals surface area contributed by atoms with E-state index < -0.39 is 21.7 Å². The number of amides is 2. The minimum absolute atomic E-state index is 0.0199. The predicted molar refractivity (Wildman–Crippen MR) is 131 cm³/mol. The molecule has 34 heavy (non-hydrogen) atoms. The molecule has 0 radical (unpaired) electrons. The lowest BCUT2D eigenvalue weighted by atomic mass is 9.77. The van der Waals surface area contributed by atoms with Crippen LogP contribution in [0.3, 0.4) is 0 Å². The first-order valence-electron chi connectivity index (χ1n) is 12.6. The van der Waals surface area contributed by atoms with Crippen molar-refractivity contribution in [2.24, 2.45) is 5.92 Å². The summed E-state index contributed by atoms with van der Waals surface area (Å²) in [6.45, 7) is 1.80. The molecule has 1 unspecified atom stereocenters. The third kappa shape index (κ3) is 3.47. The third-order valence-electron chi connectivity index (χ3n) is 8.78. The number of aryl methyl sites for hydroxylation is 2. The van der Waals surface area contributed by atoms with Gasteiger partial charge in [0.2, 0.25) is 0 Å². The molecule has 0 aromatic heterocycles. The van der Waals surface area contributed by atoms with Crippen molar-refractivity contribution in [2.75, 3.05) is 5.32 Å². The molecule has 5 aliphatic rings. The Balaban J connectivity index is 1.29. The van der Waals surface area contributed by atoms with Crippen LogP contribution >= 0.6 is 0 Å². The molecule has 1 atom stereocenters. The lowest BCUT2D eigenvalue weighted by molar-refractivity contribution is -0.0161. The second-order valence-electron chi connectivity index (χ2n) is 10.7. The molecule has 0 heterocycles. The number of hydrogen-bond acceptors (Lipinski definition) is 4. The van der Waals surface area contributed by atoms with E-state index in [1.165, 1.54) is 11.1 Å². The third-order valence-corrected chi connectivity index (χ3v) is 10.1. The molecule has 1 saturated carbocycles. The Morgan fingerprint density at radius 3 is 2.26 bits per heavy atom. The molecule has 6 nitrogen and oxygen atoms in total. The fourth-order valence-electron chi connectivity index (χ4n) is 6.97. The molecule has 0 saturated heterocycles. The minimum atomic E-state index is -4.09. The Hall–Kier alpha value is -2.38.